The number of benzene rings is 3. The molecule has 0 aliphatic carbocycles. The Kier molecular flexibility index (Phi) is 5.94. The summed E-state index contributed by atoms with van der Waals surface area (Å²) in [6, 6.07) is 21.7. The number of rotatable bonds is 3. The van der Waals surface area contributed by atoms with Crippen LogP contribution in [0.4, 0.5) is 14.5 Å². The van der Waals surface area contributed by atoms with E-state index in [1.165, 1.54) is 12.1 Å². The zero-order valence-electron chi connectivity index (χ0n) is 17.8. The van der Waals surface area contributed by atoms with Gasteiger partial charge in [0.2, 0.25) is 0 Å². The van der Waals surface area contributed by atoms with Gasteiger partial charge in [0.05, 0.1) is 11.4 Å². The highest BCUT2D eigenvalue weighted by molar-refractivity contribution is 7.99. The second-order valence-electron chi connectivity index (χ2n) is 8.21. The summed E-state index contributed by atoms with van der Waals surface area (Å²) in [6.07, 6.45) is 2.13. The number of fused-ring (bicyclic) bond motifs is 2. The zero-order valence-corrected chi connectivity index (χ0v) is 18.7. The summed E-state index contributed by atoms with van der Waals surface area (Å²) in [4.78, 5) is 8.73. The minimum absolute atomic E-state index is 0.115. The topological polar surface area (TPSA) is 15.6 Å². The van der Waals surface area contributed by atoms with E-state index in [0.717, 1.165) is 52.6 Å². The van der Waals surface area contributed by atoms with E-state index in [0.29, 0.717) is 0 Å². The Morgan fingerprint density at radius 3 is 2.38 bits per heavy atom. The second-order valence-corrected chi connectivity index (χ2v) is 9.39. The molecule has 0 spiro atoms. The van der Waals surface area contributed by atoms with Crippen LogP contribution in [-0.4, -0.2) is 30.2 Å². The summed E-state index contributed by atoms with van der Waals surface area (Å²) in [5.74, 6) is -0.312. The molecule has 3 aromatic carbocycles. The first-order valence-electron chi connectivity index (χ1n) is 10.9. The predicted molar refractivity (Wildman–Crippen MR) is 129 cm³/mol. The number of likely N-dealkylation sites (tertiary alicyclic amines) is 1. The molecule has 1 unspecified atom stereocenters. The fourth-order valence-corrected chi connectivity index (χ4v) is 5.79. The highest BCUT2D eigenvalue weighted by atomic mass is 32.2. The third kappa shape index (κ3) is 4.27. The molecule has 3 aromatic rings. The Hall–Kier alpha value is -2.76. The van der Waals surface area contributed by atoms with Crippen molar-refractivity contribution in [1.29, 1.82) is 0 Å². The monoisotopic (exact) mass is 446 g/mol. The van der Waals surface area contributed by atoms with E-state index >= 15 is 0 Å². The molecule has 2 aliphatic rings. The molecule has 5 heteroatoms. The minimum Gasteiger partial charge on any atom is -0.299 e. The van der Waals surface area contributed by atoms with Crippen molar-refractivity contribution in [2.24, 2.45) is 10.9 Å². The molecule has 0 amide bonds. The Bertz CT molecular complexity index is 1170. The van der Waals surface area contributed by atoms with Gasteiger partial charge in [-0.15, -0.1) is 11.8 Å². The maximum Gasteiger partial charge on any atom is 0.123 e. The molecule has 32 heavy (non-hydrogen) atoms. The van der Waals surface area contributed by atoms with Crippen LogP contribution in [0, 0.1) is 17.6 Å². The Morgan fingerprint density at radius 1 is 0.969 bits per heavy atom. The van der Waals surface area contributed by atoms with E-state index in [1.54, 1.807) is 36.0 Å². The van der Waals surface area contributed by atoms with E-state index in [9.17, 15) is 8.78 Å². The number of thioether (sulfide) groups is 1. The van der Waals surface area contributed by atoms with Crippen molar-refractivity contribution in [1.82, 2.24) is 4.90 Å². The lowest BCUT2D eigenvalue weighted by molar-refractivity contribution is 0.274. The van der Waals surface area contributed by atoms with Crippen LogP contribution in [0.2, 0.25) is 0 Å². The van der Waals surface area contributed by atoms with Crippen LogP contribution in [-0.2, 0) is 0 Å². The maximum absolute atomic E-state index is 13.7. The number of halogens is 2. The van der Waals surface area contributed by atoms with Crippen LogP contribution in [0.15, 0.2) is 88.3 Å². The van der Waals surface area contributed by atoms with E-state index in [4.69, 9.17) is 4.99 Å². The summed E-state index contributed by atoms with van der Waals surface area (Å²) in [5.41, 5.74) is 5.26. The lowest BCUT2D eigenvalue weighted by Crippen LogP contribution is -2.44. The largest absolute Gasteiger partial charge is 0.299 e. The molecule has 2 atom stereocenters. The average Bonchev–Trinajstić information content (AvgIpc) is 2.98. The van der Waals surface area contributed by atoms with Gasteiger partial charge in [-0.25, -0.2) is 8.78 Å². The SMILES string of the molecule is CCN1C/C(=C\c2ccc(F)cc2)C2=Nc3ccccc3S[C@H](c3ccc(F)cc3)C2C1. The lowest BCUT2D eigenvalue weighted by atomic mass is 9.85. The summed E-state index contributed by atoms with van der Waals surface area (Å²) >= 11 is 1.80. The van der Waals surface area contributed by atoms with Crippen LogP contribution >= 0.6 is 11.8 Å². The highest BCUT2D eigenvalue weighted by Gasteiger charge is 2.38. The van der Waals surface area contributed by atoms with Crippen LogP contribution in [0.5, 0.6) is 0 Å². The quantitative estimate of drug-likeness (QED) is 0.434. The molecule has 5 rings (SSSR count). The van der Waals surface area contributed by atoms with Crippen molar-refractivity contribution in [3.63, 3.8) is 0 Å². The third-order valence-corrected chi connectivity index (χ3v) is 7.57. The predicted octanol–water partition coefficient (Wildman–Crippen LogP) is 6.92. The molecule has 1 fully saturated rings. The first-order valence-corrected chi connectivity index (χ1v) is 11.8. The van der Waals surface area contributed by atoms with Gasteiger partial charge < -0.3 is 0 Å². The number of likely N-dealkylation sites (N-methyl/N-ethyl adjacent to an activating group) is 1. The van der Waals surface area contributed by atoms with Crippen molar-refractivity contribution in [3.8, 4) is 0 Å². The van der Waals surface area contributed by atoms with Gasteiger partial charge >= 0.3 is 0 Å². The van der Waals surface area contributed by atoms with Gasteiger partial charge in [0.1, 0.15) is 11.6 Å². The Morgan fingerprint density at radius 2 is 1.66 bits per heavy atom. The van der Waals surface area contributed by atoms with Gasteiger partial charge in [0, 0.05) is 29.2 Å². The fraction of sp³-hybridized carbons (Fsp3) is 0.222. The number of nitrogens with zero attached hydrogens (tertiary/aromatic N) is 2. The van der Waals surface area contributed by atoms with Crippen molar-refractivity contribution < 1.29 is 8.78 Å². The average molecular weight is 447 g/mol. The number of hydrogen-bond acceptors (Lipinski definition) is 3. The van der Waals surface area contributed by atoms with Crippen LogP contribution < -0.4 is 0 Å². The van der Waals surface area contributed by atoms with Crippen molar-refractivity contribution >= 4 is 29.2 Å². The smallest absolute Gasteiger partial charge is 0.123 e. The Labute approximate surface area is 191 Å². The number of piperidine rings is 1. The lowest BCUT2D eigenvalue weighted by Gasteiger charge is -2.38. The molecule has 0 N–H and O–H groups in total. The molecule has 0 aromatic heterocycles. The van der Waals surface area contributed by atoms with Gasteiger partial charge in [-0.3, -0.25) is 9.89 Å². The minimum atomic E-state index is -0.239. The fourth-order valence-electron chi connectivity index (χ4n) is 4.45. The summed E-state index contributed by atoms with van der Waals surface area (Å²) < 4.78 is 27.1. The standard InChI is InChI=1S/C27H24F2N2S/c1-2-31-16-20(15-18-7-11-21(28)12-8-18)26-23(17-31)27(19-9-13-22(29)14-10-19)32-25-6-4-3-5-24(25)30-26/h3-15,23,27H,2,16-17H2,1H3/b20-15+/t23?,27-/m1/s1. The third-order valence-electron chi connectivity index (χ3n) is 6.11. The normalized spacial score (nSPS) is 22.1. The number of aliphatic imine (C=N–C) groups is 1. The summed E-state index contributed by atoms with van der Waals surface area (Å²) in [7, 11) is 0. The van der Waals surface area contributed by atoms with E-state index in [1.807, 2.05) is 24.3 Å². The molecular formula is C27H24F2N2S. The van der Waals surface area contributed by atoms with E-state index < -0.39 is 0 Å². The maximum atomic E-state index is 13.7. The van der Waals surface area contributed by atoms with Crippen molar-refractivity contribution in [3.05, 3.63) is 101 Å². The van der Waals surface area contributed by atoms with E-state index in [-0.39, 0.29) is 22.8 Å². The van der Waals surface area contributed by atoms with Crippen molar-refractivity contribution in [2.75, 3.05) is 19.6 Å². The zero-order chi connectivity index (χ0) is 22.1. The number of hydrogen-bond donors (Lipinski definition) is 0. The van der Waals surface area contributed by atoms with Crippen molar-refractivity contribution in [2.45, 2.75) is 17.1 Å². The first kappa shape index (κ1) is 21.1. The summed E-state index contributed by atoms with van der Waals surface area (Å²) in [5, 5.41) is 0.115. The van der Waals surface area contributed by atoms with Crippen LogP contribution in [0.1, 0.15) is 23.3 Å². The van der Waals surface area contributed by atoms with E-state index in [2.05, 4.69) is 30.0 Å². The molecule has 0 radical (unpaired) electrons. The molecular weight excluding hydrogens is 422 g/mol. The molecule has 2 aliphatic heterocycles. The van der Waals surface area contributed by atoms with Gasteiger partial charge in [0.25, 0.3) is 0 Å². The van der Waals surface area contributed by atoms with Gasteiger partial charge in [-0.2, -0.15) is 0 Å². The summed E-state index contributed by atoms with van der Waals surface area (Å²) in [6.45, 7) is 4.78. The van der Waals surface area contributed by atoms with Crippen LogP contribution in [0.25, 0.3) is 6.08 Å². The molecule has 0 saturated carbocycles. The molecule has 162 valence electrons. The Balaban J connectivity index is 1.65. The molecule has 1 saturated heterocycles. The molecule has 2 nitrogen and oxygen atoms in total. The van der Waals surface area contributed by atoms with Crippen LogP contribution in [0.3, 0.4) is 0 Å². The van der Waals surface area contributed by atoms with Gasteiger partial charge in [-0.1, -0.05) is 43.3 Å². The second kappa shape index (κ2) is 9.00. The molecule has 2 heterocycles. The first-order chi connectivity index (χ1) is 15.6. The highest BCUT2D eigenvalue weighted by Crippen LogP contribution is 2.49. The van der Waals surface area contributed by atoms with Gasteiger partial charge in [-0.05, 0) is 65.7 Å². The molecule has 0 bridgehead atoms. The van der Waals surface area contributed by atoms with Gasteiger partial charge in [0.15, 0.2) is 0 Å². The number of para-hydroxylation sites is 1.